The first kappa shape index (κ1) is 9.31. The molecule has 1 aliphatic rings. The lowest BCUT2D eigenvalue weighted by Crippen LogP contribution is -2.09. The van der Waals surface area contributed by atoms with Gasteiger partial charge in [-0.3, -0.25) is 4.79 Å². The van der Waals surface area contributed by atoms with E-state index in [4.69, 9.17) is 10.2 Å². The molecule has 1 aromatic heterocycles. The van der Waals surface area contributed by atoms with Gasteiger partial charge in [0.1, 0.15) is 5.76 Å². The van der Waals surface area contributed by atoms with Gasteiger partial charge < -0.3 is 10.2 Å². The molecule has 0 unspecified atom stereocenters. The number of hydrogen-bond acceptors (Lipinski definition) is 3. The summed E-state index contributed by atoms with van der Waals surface area (Å²) < 4.78 is 5.31. The lowest BCUT2D eigenvalue weighted by Gasteiger charge is -2.03. The number of rotatable bonds is 2. The molecule has 0 amide bonds. The molecule has 14 heavy (non-hydrogen) atoms. The zero-order valence-electron chi connectivity index (χ0n) is 8.38. The van der Waals surface area contributed by atoms with E-state index in [9.17, 15) is 4.79 Å². The van der Waals surface area contributed by atoms with Crippen LogP contribution in [0.5, 0.6) is 0 Å². The Morgan fingerprint density at radius 2 is 2.14 bits per heavy atom. The van der Waals surface area contributed by atoms with Crippen molar-refractivity contribution in [2.75, 3.05) is 5.73 Å². The average Bonchev–Trinajstić information content (AvgIpc) is 2.76. The maximum Gasteiger partial charge on any atom is 0.201 e. The summed E-state index contributed by atoms with van der Waals surface area (Å²) in [7, 11) is 0. The van der Waals surface area contributed by atoms with Gasteiger partial charge >= 0.3 is 0 Å². The van der Waals surface area contributed by atoms with Gasteiger partial charge in [0.05, 0.1) is 5.69 Å². The summed E-state index contributed by atoms with van der Waals surface area (Å²) >= 11 is 0. The second kappa shape index (κ2) is 3.48. The van der Waals surface area contributed by atoms with E-state index in [-0.39, 0.29) is 11.7 Å². The number of Topliss-reactive ketones (excluding diaryl/α,β-unsaturated/α-hetero) is 1. The Kier molecular flexibility index (Phi) is 2.32. The van der Waals surface area contributed by atoms with Crippen molar-refractivity contribution >= 4 is 11.5 Å². The fourth-order valence-corrected chi connectivity index (χ4v) is 2.01. The topological polar surface area (TPSA) is 56.2 Å². The molecule has 2 N–H and O–H groups in total. The van der Waals surface area contributed by atoms with Crippen molar-refractivity contribution in [3.8, 4) is 0 Å². The van der Waals surface area contributed by atoms with Gasteiger partial charge in [-0.15, -0.1) is 0 Å². The van der Waals surface area contributed by atoms with Crippen molar-refractivity contribution in [2.24, 2.45) is 5.92 Å². The van der Waals surface area contributed by atoms with Gasteiger partial charge in [0.15, 0.2) is 5.76 Å². The monoisotopic (exact) mass is 193 g/mol. The molecule has 76 valence electrons. The van der Waals surface area contributed by atoms with E-state index in [1.54, 1.807) is 13.0 Å². The first-order valence-corrected chi connectivity index (χ1v) is 5.08. The quantitative estimate of drug-likeness (QED) is 0.734. The summed E-state index contributed by atoms with van der Waals surface area (Å²) in [4.78, 5) is 11.9. The third kappa shape index (κ3) is 1.54. The minimum absolute atomic E-state index is 0.127. The van der Waals surface area contributed by atoms with Crippen LogP contribution < -0.4 is 5.73 Å². The molecule has 0 aromatic carbocycles. The van der Waals surface area contributed by atoms with Crippen LogP contribution in [0.25, 0.3) is 0 Å². The normalized spacial score (nSPS) is 17.5. The highest BCUT2D eigenvalue weighted by Gasteiger charge is 2.26. The Morgan fingerprint density at radius 3 is 2.64 bits per heavy atom. The van der Waals surface area contributed by atoms with Crippen molar-refractivity contribution in [1.29, 1.82) is 0 Å². The first-order valence-electron chi connectivity index (χ1n) is 5.08. The number of furan rings is 1. The lowest BCUT2D eigenvalue weighted by atomic mass is 10.0. The van der Waals surface area contributed by atoms with E-state index in [1.165, 1.54) is 0 Å². The van der Waals surface area contributed by atoms with E-state index in [0.29, 0.717) is 17.2 Å². The molecule has 0 radical (unpaired) electrons. The molecular formula is C11H15NO2. The molecule has 0 saturated heterocycles. The first-order chi connectivity index (χ1) is 6.68. The molecule has 3 heteroatoms. The minimum Gasteiger partial charge on any atom is -0.456 e. The second-order valence-corrected chi connectivity index (χ2v) is 3.97. The Bertz CT molecular complexity index is 329. The third-order valence-corrected chi connectivity index (χ3v) is 2.92. The molecule has 0 atom stereocenters. The van der Waals surface area contributed by atoms with E-state index < -0.39 is 0 Å². The Morgan fingerprint density at radius 1 is 1.50 bits per heavy atom. The molecule has 1 saturated carbocycles. The van der Waals surface area contributed by atoms with E-state index >= 15 is 0 Å². The molecular weight excluding hydrogens is 178 g/mol. The summed E-state index contributed by atoms with van der Waals surface area (Å²) in [6.07, 6.45) is 4.31. The summed E-state index contributed by atoms with van der Waals surface area (Å²) in [5.41, 5.74) is 6.21. The maximum atomic E-state index is 11.9. The number of aryl methyl sites for hydroxylation is 1. The standard InChI is InChI=1S/C11H15NO2/c1-7-9(12)6-10(14-7)11(13)8-4-2-3-5-8/h6,8H,2-5,12H2,1H3. The van der Waals surface area contributed by atoms with Gasteiger partial charge in [-0.1, -0.05) is 12.8 Å². The molecule has 1 fully saturated rings. The summed E-state index contributed by atoms with van der Waals surface area (Å²) in [5.74, 6) is 1.38. The molecule has 2 rings (SSSR count). The van der Waals surface area contributed by atoms with Crippen LogP contribution >= 0.6 is 0 Å². The number of carbonyl (C=O) groups is 1. The van der Waals surface area contributed by atoms with Crippen LogP contribution in [0.1, 0.15) is 42.0 Å². The number of hydrogen-bond donors (Lipinski definition) is 1. The molecule has 1 aromatic rings. The number of ketones is 1. The van der Waals surface area contributed by atoms with Gasteiger partial charge in [-0.05, 0) is 19.8 Å². The van der Waals surface area contributed by atoms with E-state index in [1.807, 2.05) is 0 Å². The van der Waals surface area contributed by atoms with Crippen molar-refractivity contribution < 1.29 is 9.21 Å². The Hall–Kier alpha value is -1.25. The fourth-order valence-electron chi connectivity index (χ4n) is 2.01. The largest absolute Gasteiger partial charge is 0.456 e. The zero-order valence-corrected chi connectivity index (χ0v) is 8.38. The van der Waals surface area contributed by atoms with E-state index in [2.05, 4.69) is 0 Å². The van der Waals surface area contributed by atoms with Crippen LogP contribution in [-0.2, 0) is 0 Å². The van der Waals surface area contributed by atoms with Gasteiger partial charge in [0.2, 0.25) is 5.78 Å². The SMILES string of the molecule is Cc1oc(C(=O)C2CCCC2)cc1N. The van der Waals surface area contributed by atoms with Crippen LogP contribution in [0.3, 0.4) is 0 Å². The predicted octanol–water partition coefficient (Wildman–Crippen LogP) is 2.54. The van der Waals surface area contributed by atoms with Crippen LogP contribution in [0.2, 0.25) is 0 Å². The highest BCUT2D eigenvalue weighted by Crippen LogP contribution is 2.29. The van der Waals surface area contributed by atoms with Gasteiger partial charge in [0.25, 0.3) is 0 Å². The van der Waals surface area contributed by atoms with Crippen molar-refractivity contribution in [2.45, 2.75) is 32.6 Å². The fraction of sp³-hybridized carbons (Fsp3) is 0.545. The third-order valence-electron chi connectivity index (χ3n) is 2.92. The second-order valence-electron chi connectivity index (χ2n) is 3.97. The Balaban J connectivity index is 2.18. The van der Waals surface area contributed by atoms with Crippen molar-refractivity contribution in [3.63, 3.8) is 0 Å². The van der Waals surface area contributed by atoms with Gasteiger partial charge in [0, 0.05) is 12.0 Å². The highest BCUT2D eigenvalue weighted by molar-refractivity contribution is 5.96. The number of nitrogens with two attached hydrogens (primary N) is 1. The van der Waals surface area contributed by atoms with Gasteiger partial charge in [-0.2, -0.15) is 0 Å². The number of nitrogen functional groups attached to an aromatic ring is 1. The van der Waals surface area contributed by atoms with Crippen LogP contribution in [-0.4, -0.2) is 5.78 Å². The Labute approximate surface area is 83.3 Å². The van der Waals surface area contributed by atoms with Crippen molar-refractivity contribution in [1.82, 2.24) is 0 Å². The van der Waals surface area contributed by atoms with Crippen LogP contribution in [0.15, 0.2) is 10.5 Å². The molecule has 1 heterocycles. The molecule has 3 nitrogen and oxygen atoms in total. The minimum atomic E-state index is 0.127. The smallest absolute Gasteiger partial charge is 0.201 e. The average molecular weight is 193 g/mol. The van der Waals surface area contributed by atoms with E-state index in [0.717, 1.165) is 25.7 Å². The maximum absolute atomic E-state index is 11.9. The van der Waals surface area contributed by atoms with Crippen LogP contribution in [0.4, 0.5) is 5.69 Å². The number of carbonyl (C=O) groups excluding carboxylic acids is 1. The summed E-state index contributed by atoms with van der Waals surface area (Å²) in [5, 5.41) is 0. The highest BCUT2D eigenvalue weighted by atomic mass is 16.3. The molecule has 1 aliphatic carbocycles. The van der Waals surface area contributed by atoms with Crippen LogP contribution in [0, 0.1) is 12.8 Å². The van der Waals surface area contributed by atoms with Gasteiger partial charge in [-0.25, -0.2) is 0 Å². The zero-order chi connectivity index (χ0) is 10.1. The van der Waals surface area contributed by atoms with Crippen molar-refractivity contribution in [3.05, 3.63) is 17.6 Å². The summed E-state index contributed by atoms with van der Waals surface area (Å²) in [6.45, 7) is 1.78. The number of anilines is 1. The predicted molar refractivity (Wildman–Crippen MR) is 54.1 cm³/mol. The molecule has 0 bridgehead atoms. The molecule has 0 aliphatic heterocycles. The molecule has 0 spiro atoms. The summed E-state index contributed by atoms with van der Waals surface area (Å²) in [6, 6.07) is 1.65. The lowest BCUT2D eigenvalue weighted by molar-refractivity contribution is 0.0893.